The van der Waals surface area contributed by atoms with Gasteiger partial charge in [-0.1, -0.05) is 19.9 Å². The predicted molar refractivity (Wildman–Crippen MR) is 92.0 cm³/mol. The van der Waals surface area contributed by atoms with Crippen LogP contribution in [0.5, 0.6) is 0 Å². The molecule has 2 unspecified atom stereocenters. The van der Waals surface area contributed by atoms with E-state index in [1.165, 1.54) is 12.8 Å². The van der Waals surface area contributed by atoms with E-state index in [4.69, 9.17) is 0 Å². The minimum Gasteiger partial charge on any atom is -0.356 e. The first-order chi connectivity index (χ1) is 11.6. The van der Waals surface area contributed by atoms with Gasteiger partial charge in [-0.15, -0.1) is 0 Å². The Bertz CT molecular complexity index is 584. The zero-order valence-corrected chi connectivity index (χ0v) is 14.6. The van der Waals surface area contributed by atoms with Crippen LogP contribution in [0.4, 0.5) is 0 Å². The van der Waals surface area contributed by atoms with Crippen molar-refractivity contribution in [3.05, 3.63) is 30.1 Å². The molecule has 3 rings (SSSR count). The second kappa shape index (κ2) is 7.32. The van der Waals surface area contributed by atoms with Crippen molar-refractivity contribution >= 4 is 11.8 Å². The number of nitrogens with zero attached hydrogens (tertiary/aromatic N) is 2. The topological polar surface area (TPSA) is 62.3 Å². The second-order valence-electron chi connectivity index (χ2n) is 7.50. The molecule has 5 nitrogen and oxygen atoms in total. The molecule has 1 aromatic rings. The molecule has 0 spiro atoms. The number of hydrogen-bond acceptors (Lipinski definition) is 3. The summed E-state index contributed by atoms with van der Waals surface area (Å²) in [7, 11) is 0. The number of likely N-dealkylation sites (tertiary alicyclic amines) is 1. The highest BCUT2D eigenvalue weighted by Gasteiger charge is 2.41. The first-order valence-corrected chi connectivity index (χ1v) is 9.03. The first kappa shape index (κ1) is 16.9. The van der Waals surface area contributed by atoms with Crippen LogP contribution < -0.4 is 5.32 Å². The van der Waals surface area contributed by atoms with Crippen molar-refractivity contribution in [3.63, 3.8) is 0 Å². The molecule has 0 aromatic carbocycles. The Hall–Kier alpha value is -1.91. The van der Waals surface area contributed by atoms with Crippen LogP contribution in [0.3, 0.4) is 0 Å². The lowest BCUT2D eigenvalue weighted by atomic mass is 9.83. The lowest BCUT2D eigenvalue weighted by Gasteiger charge is -2.41. The highest BCUT2D eigenvalue weighted by atomic mass is 16.2. The standard InChI is InChI=1S/C19H27N3O2/c1-13(2)12-22-17(23)8-7-16(19(24)21-10-14-5-6-14)18(22)15-4-3-9-20-11-15/h3-4,9,11,13-14,16,18H,5-8,10,12H2,1-2H3,(H,21,24). The monoisotopic (exact) mass is 329 g/mol. The normalized spacial score (nSPS) is 24.3. The van der Waals surface area contributed by atoms with E-state index in [1.54, 1.807) is 12.4 Å². The molecule has 2 atom stereocenters. The van der Waals surface area contributed by atoms with Gasteiger partial charge in [0, 0.05) is 31.9 Å². The largest absolute Gasteiger partial charge is 0.356 e. The molecule has 130 valence electrons. The fourth-order valence-corrected chi connectivity index (χ4v) is 3.50. The van der Waals surface area contributed by atoms with E-state index in [0.29, 0.717) is 31.2 Å². The maximum atomic E-state index is 12.8. The molecule has 2 aliphatic rings. The zero-order valence-electron chi connectivity index (χ0n) is 14.6. The van der Waals surface area contributed by atoms with Gasteiger partial charge in [0.2, 0.25) is 11.8 Å². The van der Waals surface area contributed by atoms with E-state index in [-0.39, 0.29) is 23.8 Å². The summed E-state index contributed by atoms with van der Waals surface area (Å²) in [5.41, 5.74) is 0.956. The van der Waals surface area contributed by atoms with Crippen molar-refractivity contribution in [2.45, 2.75) is 45.6 Å². The van der Waals surface area contributed by atoms with E-state index in [2.05, 4.69) is 24.1 Å². The number of pyridine rings is 1. The first-order valence-electron chi connectivity index (χ1n) is 9.03. The number of rotatable bonds is 6. The second-order valence-corrected chi connectivity index (χ2v) is 7.50. The lowest BCUT2D eigenvalue weighted by Crippen LogP contribution is -2.49. The van der Waals surface area contributed by atoms with Crippen molar-refractivity contribution in [2.75, 3.05) is 13.1 Å². The molecule has 2 fully saturated rings. The fraction of sp³-hybridized carbons (Fsp3) is 0.632. The van der Waals surface area contributed by atoms with Gasteiger partial charge in [0.25, 0.3) is 0 Å². The number of carbonyl (C=O) groups is 2. The zero-order chi connectivity index (χ0) is 17.1. The summed E-state index contributed by atoms with van der Waals surface area (Å²) in [4.78, 5) is 31.4. The quantitative estimate of drug-likeness (QED) is 0.872. The Kier molecular flexibility index (Phi) is 5.17. The fourth-order valence-electron chi connectivity index (χ4n) is 3.50. The number of hydrogen-bond donors (Lipinski definition) is 1. The number of nitrogens with one attached hydrogen (secondary N) is 1. The Morgan fingerprint density at radius 3 is 2.79 bits per heavy atom. The number of carbonyl (C=O) groups excluding carboxylic acids is 2. The van der Waals surface area contributed by atoms with Crippen LogP contribution in [0.25, 0.3) is 0 Å². The van der Waals surface area contributed by atoms with Gasteiger partial charge < -0.3 is 10.2 Å². The smallest absolute Gasteiger partial charge is 0.225 e. The van der Waals surface area contributed by atoms with E-state index >= 15 is 0 Å². The Morgan fingerprint density at radius 2 is 2.17 bits per heavy atom. The Balaban J connectivity index is 1.84. The van der Waals surface area contributed by atoms with E-state index in [0.717, 1.165) is 12.1 Å². The number of aromatic nitrogens is 1. The van der Waals surface area contributed by atoms with Gasteiger partial charge >= 0.3 is 0 Å². The summed E-state index contributed by atoms with van der Waals surface area (Å²) >= 11 is 0. The molecular formula is C19H27N3O2. The number of amides is 2. The molecule has 0 bridgehead atoms. The van der Waals surface area contributed by atoms with E-state index in [9.17, 15) is 9.59 Å². The van der Waals surface area contributed by atoms with E-state index < -0.39 is 0 Å². The molecule has 1 aliphatic carbocycles. The molecule has 0 radical (unpaired) electrons. The van der Waals surface area contributed by atoms with Crippen molar-refractivity contribution in [1.29, 1.82) is 0 Å². The summed E-state index contributed by atoms with van der Waals surface area (Å²) in [6.45, 7) is 5.65. The summed E-state index contributed by atoms with van der Waals surface area (Å²) in [6, 6.07) is 3.65. The summed E-state index contributed by atoms with van der Waals surface area (Å²) in [5.74, 6) is 1.05. The number of piperidine rings is 1. The van der Waals surface area contributed by atoms with Gasteiger partial charge in [0.15, 0.2) is 0 Å². The molecule has 1 saturated carbocycles. The van der Waals surface area contributed by atoms with Crippen LogP contribution in [0.15, 0.2) is 24.5 Å². The van der Waals surface area contributed by atoms with Gasteiger partial charge in [0.05, 0.1) is 12.0 Å². The molecular weight excluding hydrogens is 302 g/mol. The summed E-state index contributed by atoms with van der Waals surface area (Å²) in [6.07, 6.45) is 7.01. The Labute approximate surface area is 143 Å². The molecule has 1 N–H and O–H groups in total. The van der Waals surface area contributed by atoms with Crippen molar-refractivity contribution < 1.29 is 9.59 Å². The van der Waals surface area contributed by atoms with Gasteiger partial charge in [-0.05, 0) is 42.7 Å². The molecule has 2 heterocycles. The summed E-state index contributed by atoms with van der Waals surface area (Å²) in [5, 5.41) is 3.11. The maximum absolute atomic E-state index is 12.8. The van der Waals surface area contributed by atoms with Crippen LogP contribution in [0.2, 0.25) is 0 Å². The molecule has 1 aliphatic heterocycles. The van der Waals surface area contributed by atoms with Crippen molar-refractivity contribution in [1.82, 2.24) is 15.2 Å². The molecule has 1 saturated heterocycles. The third-order valence-electron chi connectivity index (χ3n) is 4.89. The highest BCUT2D eigenvalue weighted by Crippen LogP contribution is 2.37. The van der Waals surface area contributed by atoms with Gasteiger partial charge in [-0.2, -0.15) is 0 Å². The average Bonchev–Trinajstić information content (AvgIpc) is 3.39. The lowest BCUT2D eigenvalue weighted by molar-refractivity contribution is -0.144. The SMILES string of the molecule is CC(C)CN1C(=O)CCC(C(=O)NCC2CC2)C1c1cccnc1. The van der Waals surface area contributed by atoms with Crippen molar-refractivity contribution in [3.8, 4) is 0 Å². The molecule has 2 amide bonds. The third-order valence-corrected chi connectivity index (χ3v) is 4.89. The van der Waals surface area contributed by atoms with Gasteiger partial charge in [-0.25, -0.2) is 0 Å². The third kappa shape index (κ3) is 3.94. The van der Waals surface area contributed by atoms with Gasteiger partial charge in [-0.3, -0.25) is 14.6 Å². The average molecular weight is 329 g/mol. The van der Waals surface area contributed by atoms with Crippen LogP contribution in [-0.4, -0.2) is 34.8 Å². The van der Waals surface area contributed by atoms with Crippen LogP contribution >= 0.6 is 0 Å². The van der Waals surface area contributed by atoms with Crippen molar-refractivity contribution in [2.24, 2.45) is 17.8 Å². The summed E-state index contributed by atoms with van der Waals surface area (Å²) < 4.78 is 0. The molecule has 1 aromatic heterocycles. The Morgan fingerprint density at radius 1 is 1.38 bits per heavy atom. The van der Waals surface area contributed by atoms with E-state index in [1.807, 2.05) is 17.0 Å². The minimum absolute atomic E-state index is 0.0806. The van der Waals surface area contributed by atoms with Gasteiger partial charge in [0.1, 0.15) is 0 Å². The van der Waals surface area contributed by atoms with Crippen LogP contribution in [-0.2, 0) is 9.59 Å². The highest BCUT2D eigenvalue weighted by molar-refractivity contribution is 5.85. The maximum Gasteiger partial charge on any atom is 0.225 e. The van der Waals surface area contributed by atoms with Crippen LogP contribution in [0.1, 0.15) is 51.1 Å². The molecule has 24 heavy (non-hydrogen) atoms. The molecule has 5 heteroatoms. The predicted octanol–water partition coefficient (Wildman–Crippen LogP) is 2.54. The minimum atomic E-state index is -0.207. The van der Waals surface area contributed by atoms with Crippen LogP contribution in [0, 0.1) is 17.8 Å².